The Labute approximate surface area is 226 Å². The zero-order valence-electron chi connectivity index (χ0n) is 19.2. The monoisotopic (exact) mass is 529 g/mol. The van der Waals surface area contributed by atoms with E-state index >= 15 is 0 Å². The molecule has 0 aliphatic heterocycles. The summed E-state index contributed by atoms with van der Waals surface area (Å²) in [5.41, 5.74) is 6.21. The predicted octanol–water partition coefficient (Wildman–Crippen LogP) is 10.5. The summed E-state index contributed by atoms with van der Waals surface area (Å²) in [5.74, 6) is 0. The molecule has 6 heteroatoms. The van der Waals surface area contributed by atoms with Crippen LogP contribution in [0, 0.1) is 0 Å². The number of hydrogen-bond donors (Lipinski definition) is 1. The maximum atomic E-state index is 7.25. The summed E-state index contributed by atoms with van der Waals surface area (Å²) in [4.78, 5) is 6.93. The summed E-state index contributed by atoms with van der Waals surface area (Å²) >= 11 is 19.6. The van der Waals surface area contributed by atoms with E-state index in [0.29, 0.717) is 10.0 Å². The standard InChI is InChI=1S/C30H22Cl3N3/c31-22-10-7-16-26(20-22)35(24-12-3-1-4-13-24)28-18-9-19-29(30(28)32)36(25-14-5-2-6-15-25)27-17-8-11-23(21-27)34-33/h1-21,34H. The van der Waals surface area contributed by atoms with Gasteiger partial charge in [0.25, 0.3) is 0 Å². The van der Waals surface area contributed by atoms with Crippen molar-refractivity contribution >= 4 is 74.8 Å². The second-order valence-electron chi connectivity index (χ2n) is 8.08. The van der Waals surface area contributed by atoms with E-state index in [1.807, 2.05) is 103 Å². The third-order valence-corrected chi connectivity index (χ3v) is 6.59. The summed E-state index contributed by atoms with van der Waals surface area (Å²) in [6.45, 7) is 0. The van der Waals surface area contributed by atoms with Crippen LogP contribution in [-0.2, 0) is 0 Å². The Kier molecular flexibility index (Phi) is 7.33. The number of hydrogen-bond acceptors (Lipinski definition) is 3. The van der Waals surface area contributed by atoms with Crippen LogP contribution in [0.1, 0.15) is 0 Å². The SMILES string of the molecule is ClNc1cccc(N(c2ccccc2)c2cccc(N(c3ccccc3)c3cccc(Cl)c3)c2Cl)c1. The van der Waals surface area contributed by atoms with Gasteiger partial charge >= 0.3 is 0 Å². The van der Waals surface area contributed by atoms with Crippen LogP contribution in [0.15, 0.2) is 127 Å². The molecule has 36 heavy (non-hydrogen) atoms. The Morgan fingerprint density at radius 2 is 0.944 bits per heavy atom. The van der Waals surface area contributed by atoms with E-state index in [9.17, 15) is 0 Å². The van der Waals surface area contributed by atoms with Gasteiger partial charge in [0, 0.05) is 39.5 Å². The molecule has 0 aromatic heterocycles. The fourth-order valence-corrected chi connectivity index (χ4v) is 4.78. The van der Waals surface area contributed by atoms with E-state index in [1.165, 1.54) is 0 Å². The van der Waals surface area contributed by atoms with Gasteiger partial charge < -0.3 is 9.80 Å². The molecule has 5 rings (SSSR count). The second kappa shape index (κ2) is 11.0. The number of para-hydroxylation sites is 2. The van der Waals surface area contributed by atoms with Crippen molar-refractivity contribution in [3.8, 4) is 0 Å². The van der Waals surface area contributed by atoms with E-state index in [4.69, 9.17) is 35.0 Å². The first-order valence-corrected chi connectivity index (χ1v) is 12.5. The molecule has 0 heterocycles. The van der Waals surface area contributed by atoms with Crippen LogP contribution in [0.3, 0.4) is 0 Å². The van der Waals surface area contributed by atoms with Gasteiger partial charge in [0.05, 0.1) is 22.1 Å². The Bertz CT molecular complexity index is 1460. The third kappa shape index (κ3) is 5.00. The lowest BCUT2D eigenvalue weighted by atomic mass is 10.1. The molecule has 0 aliphatic carbocycles. The van der Waals surface area contributed by atoms with Crippen LogP contribution >= 0.6 is 35.0 Å². The van der Waals surface area contributed by atoms with E-state index < -0.39 is 0 Å². The average Bonchev–Trinajstić information content (AvgIpc) is 2.92. The average molecular weight is 531 g/mol. The van der Waals surface area contributed by atoms with Crippen LogP contribution in [0.4, 0.5) is 39.8 Å². The summed E-state index contributed by atoms with van der Waals surface area (Å²) in [6, 6.07) is 41.9. The molecule has 1 N–H and O–H groups in total. The van der Waals surface area contributed by atoms with Crippen molar-refractivity contribution < 1.29 is 0 Å². The van der Waals surface area contributed by atoms with Crippen LogP contribution in [-0.4, -0.2) is 0 Å². The van der Waals surface area contributed by atoms with Gasteiger partial charge in [-0.2, -0.15) is 0 Å². The summed E-state index contributed by atoms with van der Waals surface area (Å²) in [5, 5.41) is 1.24. The molecule has 0 amide bonds. The number of nitrogens with zero attached hydrogens (tertiary/aromatic N) is 2. The van der Waals surface area contributed by atoms with E-state index in [2.05, 4.69) is 38.9 Å². The van der Waals surface area contributed by atoms with Gasteiger partial charge in [0.1, 0.15) is 0 Å². The van der Waals surface area contributed by atoms with Crippen molar-refractivity contribution in [3.05, 3.63) is 137 Å². The van der Waals surface area contributed by atoms with E-state index in [0.717, 1.165) is 39.8 Å². The molecule has 0 saturated heterocycles. The van der Waals surface area contributed by atoms with Gasteiger partial charge in [-0.1, -0.05) is 77.8 Å². The van der Waals surface area contributed by atoms with Gasteiger partial charge in [-0.15, -0.1) is 0 Å². The minimum Gasteiger partial charge on any atom is -0.309 e. The molecule has 5 aromatic rings. The summed E-state index contributed by atoms with van der Waals surface area (Å²) < 4.78 is 0. The highest BCUT2D eigenvalue weighted by Crippen LogP contribution is 2.46. The molecule has 0 bridgehead atoms. The van der Waals surface area contributed by atoms with E-state index in [-0.39, 0.29) is 0 Å². The molecule has 0 saturated carbocycles. The minimum atomic E-state index is 0.592. The van der Waals surface area contributed by atoms with E-state index in [1.54, 1.807) is 0 Å². The number of benzene rings is 5. The first kappa shape index (κ1) is 24.1. The molecule has 0 aliphatic rings. The number of halogens is 3. The number of nitrogens with one attached hydrogen (secondary N) is 1. The van der Waals surface area contributed by atoms with Crippen LogP contribution in [0.2, 0.25) is 10.0 Å². The lowest BCUT2D eigenvalue weighted by Gasteiger charge is -2.31. The van der Waals surface area contributed by atoms with Gasteiger partial charge in [0.15, 0.2) is 0 Å². The van der Waals surface area contributed by atoms with Crippen LogP contribution < -0.4 is 14.6 Å². The van der Waals surface area contributed by atoms with Crippen molar-refractivity contribution in [2.24, 2.45) is 0 Å². The highest BCUT2D eigenvalue weighted by atomic mass is 35.5. The van der Waals surface area contributed by atoms with Gasteiger partial charge in [0.2, 0.25) is 0 Å². The minimum absolute atomic E-state index is 0.592. The quantitative estimate of drug-likeness (QED) is 0.211. The fraction of sp³-hybridized carbons (Fsp3) is 0. The first-order chi connectivity index (χ1) is 17.7. The predicted molar refractivity (Wildman–Crippen MR) is 155 cm³/mol. The molecule has 3 nitrogen and oxygen atoms in total. The molecule has 5 aromatic carbocycles. The van der Waals surface area contributed by atoms with Crippen molar-refractivity contribution in [1.82, 2.24) is 0 Å². The number of anilines is 7. The molecule has 0 atom stereocenters. The molecule has 0 radical (unpaired) electrons. The molecule has 0 spiro atoms. The maximum Gasteiger partial charge on any atom is 0.0887 e. The molecular formula is C30H22Cl3N3. The Morgan fingerprint density at radius 3 is 1.47 bits per heavy atom. The maximum absolute atomic E-state index is 7.25. The smallest absolute Gasteiger partial charge is 0.0887 e. The zero-order chi connectivity index (χ0) is 24.9. The third-order valence-electron chi connectivity index (χ3n) is 5.75. The lowest BCUT2D eigenvalue weighted by Crippen LogP contribution is -2.14. The van der Waals surface area contributed by atoms with Gasteiger partial charge in [-0.05, 0) is 72.8 Å². The molecule has 178 valence electrons. The molecule has 0 fully saturated rings. The Morgan fingerprint density at radius 1 is 0.472 bits per heavy atom. The molecule has 0 unspecified atom stereocenters. The topological polar surface area (TPSA) is 18.5 Å². The Balaban J connectivity index is 1.72. The largest absolute Gasteiger partial charge is 0.309 e. The summed E-state index contributed by atoms with van der Waals surface area (Å²) in [6.07, 6.45) is 0. The van der Waals surface area contributed by atoms with Gasteiger partial charge in [-0.3, -0.25) is 4.84 Å². The van der Waals surface area contributed by atoms with Crippen LogP contribution in [0.5, 0.6) is 0 Å². The Hall–Kier alpha value is -3.63. The van der Waals surface area contributed by atoms with Crippen LogP contribution in [0.25, 0.3) is 0 Å². The first-order valence-electron chi connectivity index (χ1n) is 11.4. The fourth-order valence-electron chi connectivity index (χ4n) is 4.18. The van der Waals surface area contributed by atoms with Gasteiger partial charge in [-0.25, -0.2) is 0 Å². The highest BCUT2D eigenvalue weighted by molar-refractivity contribution is 6.36. The van der Waals surface area contributed by atoms with Crippen molar-refractivity contribution in [3.63, 3.8) is 0 Å². The lowest BCUT2D eigenvalue weighted by molar-refractivity contribution is 1.25. The molecular weight excluding hydrogens is 509 g/mol. The van der Waals surface area contributed by atoms with Crippen molar-refractivity contribution in [2.45, 2.75) is 0 Å². The zero-order valence-corrected chi connectivity index (χ0v) is 21.4. The second-order valence-corrected chi connectivity index (χ2v) is 9.08. The van der Waals surface area contributed by atoms with Crippen molar-refractivity contribution in [2.75, 3.05) is 14.6 Å². The normalized spacial score (nSPS) is 10.6. The highest BCUT2D eigenvalue weighted by Gasteiger charge is 2.22. The number of rotatable bonds is 7. The summed E-state index contributed by atoms with van der Waals surface area (Å²) in [7, 11) is 0. The van der Waals surface area contributed by atoms with Crippen molar-refractivity contribution in [1.29, 1.82) is 0 Å².